The van der Waals surface area contributed by atoms with Crippen molar-refractivity contribution in [2.75, 3.05) is 0 Å². The van der Waals surface area contributed by atoms with E-state index in [1.54, 1.807) is 0 Å². The van der Waals surface area contributed by atoms with Gasteiger partial charge in [0, 0.05) is 38.2 Å². The molecular formula is C42H24ClN3O2. The van der Waals surface area contributed by atoms with Crippen molar-refractivity contribution in [3.63, 3.8) is 0 Å². The van der Waals surface area contributed by atoms with Crippen LogP contribution in [0.5, 0.6) is 0 Å². The van der Waals surface area contributed by atoms with Gasteiger partial charge in [0.15, 0.2) is 10.7 Å². The van der Waals surface area contributed by atoms with Crippen molar-refractivity contribution in [3.8, 4) is 16.9 Å². The number of allylic oxidation sites excluding steroid dienone is 1. The number of benzene rings is 6. The van der Waals surface area contributed by atoms with Crippen LogP contribution in [0, 0.1) is 0 Å². The van der Waals surface area contributed by atoms with Gasteiger partial charge in [0.05, 0.1) is 11.0 Å². The maximum atomic E-state index is 6.93. The van der Waals surface area contributed by atoms with Gasteiger partial charge in [0.1, 0.15) is 22.4 Å². The molecule has 5 nitrogen and oxygen atoms in total. The van der Waals surface area contributed by atoms with Crippen LogP contribution >= 0.6 is 11.6 Å². The monoisotopic (exact) mass is 637 g/mol. The lowest BCUT2D eigenvalue weighted by Crippen LogP contribution is -1.99. The number of aromatic nitrogens is 3. The lowest BCUT2D eigenvalue weighted by atomic mass is 9.89. The molecule has 0 aliphatic heterocycles. The van der Waals surface area contributed by atoms with Gasteiger partial charge in [0.2, 0.25) is 5.71 Å². The third kappa shape index (κ3) is 3.51. The number of fused-ring (bicyclic) bond motifs is 14. The molecule has 0 unspecified atom stereocenters. The van der Waals surface area contributed by atoms with Crippen LogP contribution in [0.4, 0.5) is 0 Å². The topological polar surface area (TPSA) is 57.0 Å². The molecule has 4 heterocycles. The number of nitrogens with zero attached hydrogens (tertiary/aromatic N) is 3. The van der Waals surface area contributed by atoms with Crippen LogP contribution in [-0.2, 0) is 6.42 Å². The summed E-state index contributed by atoms with van der Waals surface area (Å²) in [5.74, 6) is 0. The van der Waals surface area contributed by atoms with Crippen LogP contribution in [0.1, 0.15) is 17.5 Å². The van der Waals surface area contributed by atoms with Crippen molar-refractivity contribution in [3.05, 3.63) is 132 Å². The summed E-state index contributed by atoms with van der Waals surface area (Å²) in [5, 5.41) is 8.35. The first kappa shape index (κ1) is 26.2. The van der Waals surface area contributed by atoms with Crippen molar-refractivity contribution in [2.24, 2.45) is 0 Å². The number of aryl methyl sites for hydroxylation is 1. The molecule has 0 bridgehead atoms. The Bertz CT molecular complexity index is 3030. The molecule has 4 aromatic heterocycles. The fraction of sp³-hybridized carbons (Fsp3) is 0.0476. The second-order valence-electron chi connectivity index (χ2n) is 12.6. The second-order valence-corrected chi connectivity index (χ2v) is 12.9. The summed E-state index contributed by atoms with van der Waals surface area (Å²) >= 11 is 6.87. The van der Waals surface area contributed by atoms with Crippen LogP contribution in [0.3, 0.4) is 0 Å². The van der Waals surface area contributed by atoms with Crippen molar-refractivity contribution in [1.29, 1.82) is 0 Å². The van der Waals surface area contributed by atoms with Gasteiger partial charge in [-0.2, -0.15) is 0 Å². The van der Waals surface area contributed by atoms with E-state index in [1.165, 1.54) is 32.7 Å². The molecule has 1 aliphatic carbocycles. The van der Waals surface area contributed by atoms with E-state index in [0.717, 1.165) is 68.0 Å². The Morgan fingerprint density at radius 3 is 2.42 bits per heavy atom. The van der Waals surface area contributed by atoms with Gasteiger partial charge in [-0.3, -0.25) is 0 Å². The van der Waals surface area contributed by atoms with E-state index < -0.39 is 0 Å². The predicted octanol–water partition coefficient (Wildman–Crippen LogP) is 11.8. The van der Waals surface area contributed by atoms with Crippen LogP contribution in [0.25, 0.3) is 99.7 Å². The molecule has 0 spiro atoms. The largest absolute Gasteiger partial charge is 0.454 e. The highest BCUT2D eigenvalue weighted by molar-refractivity contribution is 6.32. The standard InChI is InChI=1S/C42H24ClN3O2/c43-41-37(45-42-38(44-41)30-17-6-8-19-33(30)48-42)25-12-9-13-26(20-25)46-32-18-7-5-16-29(32)35-27-14-3-4-15-28(27)36-31-21-23-10-1-2-11-24(23)22-34(31)47-40(36)39(35)46/h1-2,4-13,15-22H,3,14H2. The summed E-state index contributed by atoms with van der Waals surface area (Å²) in [6.45, 7) is 0. The van der Waals surface area contributed by atoms with Crippen molar-refractivity contribution in [2.45, 2.75) is 12.8 Å². The zero-order chi connectivity index (χ0) is 31.5. The third-order valence-corrected chi connectivity index (χ3v) is 10.2. The molecule has 0 saturated carbocycles. The van der Waals surface area contributed by atoms with Crippen LogP contribution in [0.2, 0.25) is 5.15 Å². The molecule has 6 aromatic carbocycles. The summed E-state index contributed by atoms with van der Waals surface area (Å²) in [6, 6.07) is 37.8. The van der Waals surface area contributed by atoms with Gasteiger partial charge in [-0.25, -0.2) is 9.97 Å². The molecule has 48 heavy (non-hydrogen) atoms. The Kier molecular flexibility index (Phi) is 5.22. The molecule has 0 N–H and O–H groups in total. The minimum Gasteiger partial charge on any atom is -0.454 e. The first-order chi connectivity index (χ1) is 23.7. The van der Waals surface area contributed by atoms with Gasteiger partial charge in [-0.05, 0) is 77.2 Å². The zero-order valence-corrected chi connectivity index (χ0v) is 26.3. The van der Waals surface area contributed by atoms with E-state index in [4.69, 9.17) is 30.4 Å². The smallest absolute Gasteiger partial charge is 0.247 e. The third-order valence-electron chi connectivity index (χ3n) is 9.94. The highest BCUT2D eigenvalue weighted by Crippen LogP contribution is 2.47. The number of hydrogen-bond acceptors (Lipinski definition) is 4. The van der Waals surface area contributed by atoms with Gasteiger partial charge in [-0.1, -0.05) is 90.5 Å². The molecular weight excluding hydrogens is 614 g/mol. The van der Waals surface area contributed by atoms with Gasteiger partial charge >= 0.3 is 0 Å². The minimum absolute atomic E-state index is 0.334. The number of para-hydroxylation sites is 2. The predicted molar refractivity (Wildman–Crippen MR) is 196 cm³/mol. The SMILES string of the molecule is Clc1nc2c(nc1-c1cccc(-n3c4ccccc4c4c5c(c6c7cc8ccccc8cc7oc6c43)C=CCC5)c1)oc1ccccc12. The van der Waals surface area contributed by atoms with E-state index in [1.807, 2.05) is 30.3 Å². The average Bonchev–Trinajstić information content (AvgIpc) is 3.80. The Labute approximate surface area is 278 Å². The lowest BCUT2D eigenvalue weighted by Gasteiger charge is -2.15. The van der Waals surface area contributed by atoms with E-state index in [-0.39, 0.29) is 0 Å². The second kappa shape index (κ2) is 9.57. The molecule has 0 radical (unpaired) electrons. The number of furan rings is 2. The van der Waals surface area contributed by atoms with Crippen molar-refractivity contribution in [1.82, 2.24) is 14.5 Å². The Balaban J connectivity index is 1.24. The molecule has 0 amide bonds. The van der Waals surface area contributed by atoms with Crippen LogP contribution in [-0.4, -0.2) is 14.5 Å². The maximum Gasteiger partial charge on any atom is 0.247 e. The summed E-state index contributed by atoms with van der Waals surface area (Å²) in [5.41, 5.74) is 10.9. The summed E-state index contributed by atoms with van der Waals surface area (Å²) in [6.07, 6.45) is 6.56. The average molecular weight is 638 g/mol. The first-order valence-corrected chi connectivity index (χ1v) is 16.5. The molecule has 226 valence electrons. The quantitative estimate of drug-likeness (QED) is 0.189. The fourth-order valence-electron chi connectivity index (χ4n) is 7.88. The fourth-order valence-corrected chi connectivity index (χ4v) is 8.12. The molecule has 11 rings (SSSR count). The Morgan fingerprint density at radius 2 is 1.50 bits per heavy atom. The number of rotatable bonds is 2. The van der Waals surface area contributed by atoms with Gasteiger partial charge in [-0.15, -0.1) is 0 Å². The van der Waals surface area contributed by atoms with Crippen LogP contribution in [0.15, 0.2) is 124 Å². The van der Waals surface area contributed by atoms with E-state index in [0.29, 0.717) is 22.1 Å². The van der Waals surface area contributed by atoms with E-state index >= 15 is 0 Å². The summed E-state index contributed by atoms with van der Waals surface area (Å²) in [4.78, 5) is 9.65. The molecule has 6 heteroatoms. The lowest BCUT2D eigenvalue weighted by molar-refractivity contribution is 0.653. The highest BCUT2D eigenvalue weighted by Gasteiger charge is 2.26. The summed E-state index contributed by atoms with van der Waals surface area (Å²) in [7, 11) is 0. The van der Waals surface area contributed by atoms with Gasteiger partial charge < -0.3 is 13.4 Å². The zero-order valence-electron chi connectivity index (χ0n) is 25.5. The molecule has 0 saturated heterocycles. The van der Waals surface area contributed by atoms with E-state index in [9.17, 15) is 0 Å². The molecule has 10 aromatic rings. The first-order valence-electron chi connectivity index (χ1n) is 16.2. The molecule has 0 fully saturated rings. The van der Waals surface area contributed by atoms with Gasteiger partial charge in [0.25, 0.3) is 0 Å². The van der Waals surface area contributed by atoms with Crippen molar-refractivity contribution >= 4 is 94.4 Å². The number of hydrogen-bond donors (Lipinski definition) is 0. The molecule has 1 aliphatic rings. The van der Waals surface area contributed by atoms with Crippen LogP contribution < -0.4 is 0 Å². The van der Waals surface area contributed by atoms with Crippen molar-refractivity contribution < 1.29 is 8.83 Å². The molecule has 0 atom stereocenters. The van der Waals surface area contributed by atoms with E-state index in [2.05, 4.69) is 95.6 Å². The maximum absolute atomic E-state index is 6.93. The highest BCUT2D eigenvalue weighted by atomic mass is 35.5. The Hall–Kier alpha value is -5.91. The minimum atomic E-state index is 0.334. The number of halogens is 1. The summed E-state index contributed by atoms with van der Waals surface area (Å²) < 4.78 is 15.4. The normalized spacial score (nSPS) is 13.3. The Morgan fingerprint density at radius 1 is 0.688 bits per heavy atom.